The summed E-state index contributed by atoms with van der Waals surface area (Å²) < 4.78 is 7.06. The second-order valence-electron chi connectivity index (χ2n) is 4.53. The zero-order chi connectivity index (χ0) is 14.0. The van der Waals surface area contributed by atoms with Gasteiger partial charge in [0.05, 0.1) is 18.8 Å². The Labute approximate surface area is 112 Å². The van der Waals surface area contributed by atoms with Crippen molar-refractivity contribution in [3.63, 3.8) is 0 Å². The molecule has 2 aromatic heterocycles. The fraction of sp³-hybridized carbons (Fsp3) is 0.462. The molecule has 2 rings (SSSR count). The minimum absolute atomic E-state index is 0.259. The van der Waals surface area contributed by atoms with Gasteiger partial charge in [0.1, 0.15) is 5.69 Å². The molecule has 1 atom stereocenters. The van der Waals surface area contributed by atoms with Crippen LogP contribution in [0.25, 0.3) is 0 Å². The van der Waals surface area contributed by atoms with Crippen molar-refractivity contribution in [2.24, 2.45) is 12.8 Å². The van der Waals surface area contributed by atoms with Crippen LogP contribution < -0.4 is 10.5 Å². The molecule has 1 unspecified atom stereocenters. The zero-order valence-corrected chi connectivity index (χ0v) is 11.7. The summed E-state index contributed by atoms with van der Waals surface area (Å²) in [5.41, 5.74) is 10.2. The lowest BCUT2D eigenvalue weighted by Gasteiger charge is -2.13. The van der Waals surface area contributed by atoms with Crippen LogP contribution in [0, 0.1) is 13.8 Å². The van der Waals surface area contributed by atoms with Crippen LogP contribution >= 0.6 is 0 Å². The van der Waals surface area contributed by atoms with E-state index in [4.69, 9.17) is 10.5 Å². The van der Waals surface area contributed by atoms with Crippen LogP contribution in [0.4, 0.5) is 0 Å². The molecule has 2 heterocycles. The van der Waals surface area contributed by atoms with E-state index in [1.54, 1.807) is 19.5 Å². The van der Waals surface area contributed by atoms with Gasteiger partial charge in [-0.25, -0.2) is 4.98 Å². The fourth-order valence-corrected chi connectivity index (χ4v) is 2.18. The van der Waals surface area contributed by atoms with Gasteiger partial charge in [-0.1, -0.05) is 0 Å². The zero-order valence-electron chi connectivity index (χ0n) is 11.7. The number of aryl methyl sites for hydroxylation is 2. The predicted molar refractivity (Wildman–Crippen MR) is 71.9 cm³/mol. The van der Waals surface area contributed by atoms with E-state index >= 15 is 0 Å². The highest BCUT2D eigenvalue weighted by Gasteiger charge is 2.19. The molecule has 0 aliphatic carbocycles. The molecule has 0 amide bonds. The molecule has 6 heteroatoms. The van der Waals surface area contributed by atoms with E-state index in [0.717, 1.165) is 17.0 Å². The van der Waals surface area contributed by atoms with E-state index in [1.807, 2.05) is 25.6 Å². The highest BCUT2D eigenvalue weighted by molar-refractivity contribution is 5.29. The first-order chi connectivity index (χ1) is 9.04. The van der Waals surface area contributed by atoms with Gasteiger partial charge in [0.25, 0.3) is 0 Å². The van der Waals surface area contributed by atoms with Gasteiger partial charge in [-0.2, -0.15) is 5.10 Å². The number of hydrogen-bond donors (Lipinski definition) is 1. The Kier molecular flexibility index (Phi) is 3.80. The molecular weight excluding hydrogens is 242 g/mol. The average molecular weight is 261 g/mol. The van der Waals surface area contributed by atoms with Gasteiger partial charge in [-0.05, 0) is 25.8 Å². The highest BCUT2D eigenvalue weighted by atomic mass is 16.5. The Balaban J connectivity index is 2.28. The summed E-state index contributed by atoms with van der Waals surface area (Å²) in [6, 6.07) is -0.259. The van der Waals surface area contributed by atoms with Gasteiger partial charge in [-0.3, -0.25) is 9.67 Å². The highest BCUT2D eigenvalue weighted by Crippen LogP contribution is 2.24. The number of methoxy groups -OCH3 is 1. The van der Waals surface area contributed by atoms with Gasteiger partial charge in [0, 0.05) is 25.1 Å². The average Bonchev–Trinajstić information content (AvgIpc) is 2.65. The normalized spacial score (nSPS) is 12.5. The number of aromatic nitrogens is 4. The van der Waals surface area contributed by atoms with Gasteiger partial charge in [0.15, 0.2) is 0 Å². The SMILES string of the molecule is COc1nccnc1C(N)Cc1c(C)nn(C)c1C. The maximum absolute atomic E-state index is 6.23. The molecule has 0 radical (unpaired) electrons. The fourth-order valence-electron chi connectivity index (χ4n) is 2.18. The molecule has 19 heavy (non-hydrogen) atoms. The van der Waals surface area contributed by atoms with E-state index < -0.39 is 0 Å². The van der Waals surface area contributed by atoms with Gasteiger partial charge < -0.3 is 10.5 Å². The molecule has 0 saturated carbocycles. The minimum Gasteiger partial charge on any atom is -0.480 e. The molecule has 0 saturated heterocycles. The topological polar surface area (TPSA) is 78.8 Å². The summed E-state index contributed by atoms with van der Waals surface area (Å²) in [7, 11) is 3.50. The van der Waals surface area contributed by atoms with E-state index in [2.05, 4.69) is 15.1 Å². The third-order valence-corrected chi connectivity index (χ3v) is 3.32. The molecule has 2 aromatic rings. The quantitative estimate of drug-likeness (QED) is 0.891. The van der Waals surface area contributed by atoms with Gasteiger partial charge in [0.2, 0.25) is 5.88 Å². The molecule has 102 valence electrons. The monoisotopic (exact) mass is 261 g/mol. The van der Waals surface area contributed by atoms with Crippen LogP contribution in [0.2, 0.25) is 0 Å². The third-order valence-electron chi connectivity index (χ3n) is 3.32. The Morgan fingerprint density at radius 3 is 2.58 bits per heavy atom. The second kappa shape index (κ2) is 5.36. The molecule has 0 spiro atoms. The maximum atomic E-state index is 6.23. The van der Waals surface area contributed by atoms with Crippen molar-refractivity contribution >= 4 is 0 Å². The molecule has 0 bridgehead atoms. The number of ether oxygens (including phenoxy) is 1. The molecule has 0 fully saturated rings. The predicted octanol–water partition coefficient (Wildman–Crippen LogP) is 1.08. The van der Waals surface area contributed by atoms with Gasteiger partial charge in [-0.15, -0.1) is 0 Å². The first kappa shape index (κ1) is 13.5. The maximum Gasteiger partial charge on any atom is 0.236 e. The lowest BCUT2D eigenvalue weighted by Crippen LogP contribution is -2.17. The van der Waals surface area contributed by atoms with Crippen molar-refractivity contribution < 1.29 is 4.74 Å². The summed E-state index contributed by atoms with van der Waals surface area (Å²) in [5.74, 6) is 0.481. The summed E-state index contributed by atoms with van der Waals surface area (Å²) in [5, 5.41) is 4.39. The number of nitrogens with zero attached hydrogens (tertiary/aromatic N) is 4. The van der Waals surface area contributed by atoms with Crippen LogP contribution in [0.1, 0.15) is 28.7 Å². The van der Waals surface area contributed by atoms with Crippen molar-refractivity contribution in [2.45, 2.75) is 26.3 Å². The molecule has 0 aromatic carbocycles. The first-order valence-corrected chi connectivity index (χ1v) is 6.14. The molecule has 0 aliphatic rings. The van der Waals surface area contributed by atoms with Crippen LogP contribution in [-0.4, -0.2) is 26.9 Å². The summed E-state index contributed by atoms with van der Waals surface area (Å²) in [6.45, 7) is 4.03. The van der Waals surface area contributed by atoms with Crippen LogP contribution in [0.3, 0.4) is 0 Å². The Morgan fingerprint density at radius 1 is 1.32 bits per heavy atom. The summed E-state index contributed by atoms with van der Waals surface area (Å²) >= 11 is 0. The lowest BCUT2D eigenvalue weighted by molar-refractivity contribution is 0.384. The van der Waals surface area contributed by atoms with Crippen molar-refractivity contribution in [1.82, 2.24) is 19.7 Å². The molecule has 0 aliphatic heterocycles. The largest absolute Gasteiger partial charge is 0.480 e. The Morgan fingerprint density at radius 2 is 2.00 bits per heavy atom. The molecular formula is C13H19N5O. The number of rotatable bonds is 4. The lowest BCUT2D eigenvalue weighted by atomic mass is 10.0. The minimum atomic E-state index is -0.259. The first-order valence-electron chi connectivity index (χ1n) is 6.14. The van der Waals surface area contributed by atoms with Gasteiger partial charge >= 0.3 is 0 Å². The smallest absolute Gasteiger partial charge is 0.236 e. The Hall–Kier alpha value is -1.95. The Bertz CT molecular complexity index is 578. The van der Waals surface area contributed by atoms with Crippen LogP contribution in [0.15, 0.2) is 12.4 Å². The number of hydrogen-bond acceptors (Lipinski definition) is 5. The molecule has 2 N–H and O–H groups in total. The van der Waals surface area contributed by atoms with Crippen molar-refractivity contribution in [2.75, 3.05) is 7.11 Å². The summed E-state index contributed by atoms with van der Waals surface area (Å²) in [6.07, 6.45) is 3.89. The van der Waals surface area contributed by atoms with Crippen molar-refractivity contribution in [1.29, 1.82) is 0 Å². The van der Waals surface area contributed by atoms with Crippen LogP contribution in [-0.2, 0) is 13.5 Å². The second-order valence-corrected chi connectivity index (χ2v) is 4.53. The van der Waals surface area contributed by atoms with E-state index in [-0.39, 0.29) is 6.04 Å². The standard InChI is InChI=1S/C13H19N5O/c1-8-10(9(2)18(3)17-8)7-11(14)12-13(19-4)16-6-5-15-12/h5-6,11H,7,14H2,1-4H3. The van der Waals surface area contributed by atoms with E-state index in [9.17, 15) is 0 Å². The summed E-state index contributed by atoms with van der Waals surface area (Å²) in [4.78, 5) is 8.40. The third kappa shape index (κ3) is 2.58. The number of nitrogens with two attached hydrogens (primary N) is 1. The molecule has 6 nitrogen and oxygen atoms in total. The van der Waals surface area contributed by atoms with E-state index in [1.165, 1.54) is 0 Å². The van der Waals surface area contributed by atoms with Crippen molar-refractivity contribution in [3.05, 3.63) is 35.0 Å². The van der Waals surface area contributed by atoms with Crippen molar-refractivity contribution in [3.8, 4) is 5.88 Å². The van der Waals surface area contributed by atoms with E-state index in [0.29, 0.717) is 18.0 Å². The van der Waals surface area contributed by atoms with Crippen LogP contribution in [0.5, 0.6) is 5.88 Å².